The second-order valence-electron chi connectivity index (χ2n) is 3.87. The Morgan fingerprint density at radius 2 is 1.95 bits per heavy atom. The first-order chi connectivity index (χ1) is 9.08. The molecule has 0 spiro atoms. The molecule has 0 fully saturated rings. The number of carbonyl (C=O) groups excluding carboxylic acids is 1. The van der Waals surface area contributed by atoms with Crippen LogP contribution in [-0.4, -0.2) is 23.6 Å². The zero-order chi connectivity index (χ0) is 14.0. The van der Waals surface area contributed by atoms with Crippen LogP contribution in [0.25, 0.3) is 11.1 Å². The van der Waals surface area contributed by atoms with Crippen molar-refractivity contribution in [2.75, 3.05) is 7.11 Å². The molecule has 0 heterocycles. The summed E-state index contributed by atoms with van der Waals surface area (Å²) in [4.78, 5) is 11.1. The van der Waals surface area contributed by atoms with Crippen LogP contribution in [0.1, 0.15) is 10.4 Å². The molecule has 2 N–H and O–H groups in total. The Morgan fingerprint density at radius 1 is 1.21 bits per heavy atom. The SMILES string of the molecule is COc1cc(-c2cccc(F)c2)c(C=O)c(O)c1O. The lowest BCUT2D eigenvalue weighted by atomic mass is 9.98. The zero-order valence-corrected chi connectivity index (χ0v) is 10.1. The smallest absolute Gasteiger partial charge is 0.201 e. The average molecular weight is 262 g/mol. The lowest BCUT2D eigenvalue weighted by molar-refractivity contribution is 0.112. The van der Waals surface area contributed by atoms with E-state index < -0.39 is 17.3 Å². The Hall–Kier alpha value is -2.56. The van der Waals surface area contributed by atoms with E-state index in [4.69, 9.17) is 4.74 Å². The van der Waals surface area contributed by atoms with E-state index in [1.54, 1.807) is 6.07 Å². The number of methoxy groups -OCH3 is 1. The number of hydrogen-bond acceptors (Lipinski definition) is 4. The summed E-state index contributed by atoms with van der Waals surface area (Å²) in [6, 6.07) is 6.92. The van der Waals surface area contributed by atoms with Crippen LogP contribution < -0.4 is 4.74 Å². The van der Waals surface area contributed by atoms with Gasteiger partial charge in [0, 0.05) is 0 Å². The molecule has 0 aliphatic heterocycles. The third-order valence-corrected chi connectivity index (χ3v) is 2.75. The van der Waals surface area contributed by atoms with Crippen LogP contribution in [0.15, 0.2) is 30.3 Å². The maximum atomic E-state index is 13.2. The summed E-state index contributed by atoms with van der Waals surface area (Å²) in [6.07, 6.45) is 0.398. The highest BCUT2D eigenvalue weighted by atomic mass is 19.1. The van der Waals surface area contributed by atoms with E-state index in [2.05, 4.69) is 0 Å². The number of aldehydes is 1. The minimum Gasteiger partial charge on any atom is -0.504 e. The number of ether oxygens (including phenoxy) is 1. The predicted molar refractivity (Wildman–Crippen MR) is 67.1 cm³/mol. The van der Waals surface area contributed by atoms with Gasteiger partial charge in [0.05, 0.1) is 12.7 Å². The molecule has 5 heteroatoms. The molecule has 0 saturated carbocycles. The Balaban J connectivity index is 2.75. The van der Waals surface area contributed by atoms with Crippen molar-refractivity contribution in [3.05, 3.63) is 41.7 Å². The molecule has 0 unspecified atom stereocenters. The molecule has 0 radical (unpaired) electrons. The maximum absolute atomic E-state index is 13.2. The van der Waals surface area contributed by atoms with Gasteiger partial charge in [-0.15, -0.1) is 0 Å². The van der Waals surface area contributed by atoms with Gasteiger partial charge in [-0.05, 0) is 29.3 Å². The van der Waals surface area contributed by atoms with Gasteiger partial charge in [-0.2, -0.15) is 0 Å². The van der Waals surface area contributed by atoms with Gasteiger partial charge in [-0.25, -0.2) is 4.39 Å². The van der Waals surface area contributed by atoms with Crippen LogP contribution in [-0.2, 0) is 0 Å². The van der Waals surface area contributed by atoms with E-state index in [1.165, 1.54) is 31.4 Å². The molecular formula is C14H11FO4. The lowest BCUT2D eigenvalue weighted by Crippen LogP contribution is -1.93. The monoisotopic (exact) mass is 262 g/mol. The summed E-state index contributed by atoms with van der Waals surface area (Å²) in [6.45, 7) is 0. The van der Waals surface area contributed by atoms with Crippen molar-refractivity contribution >= 4 is 6.29 Å². The molecular weight excluding hydrogens is 251 g/mol. The number of halogens is 1. The Morgan fingerprint density at radius 3 is 2.53 bits per heavy atom. The third kappa shape index (κ3) is 2.22. The highest BCUT2D eigenvalue weighted by Gasteiger charge is 2.18. The van der Waals surface area contributed by atoms with Crippen LogP contribution in [0.3, 0.4) is 0 Å². The molecule has 0 aromatic heterocycles. The van der Waals surface area contributed by atoms with Crippen LogP contribution >= 0.6 is 0 Å². The van der Waals surface area contributed by atoms with E-state index in [1.807, 2.05) is 0 Å². The summed E-state index contributed by atoms with van der Waals surface area (Å²) < 4.78 is 18.1. The van der Waals surface area contributed by atoms with Crippen molar-refractivity contribution in [1.29, 1.82) is 0 Å². The Bertz CT molecular complexity index is 638. The van der Waals surface area contributed by atoms with E-state index in [9.17, 15) is 19.4 Å². The molecule has 2 aromatic rings. The molecule has 0 saturated heterocycles. The number of phenols is 2. The standard InChI is InChI=1S/C14H11FO4/c1-19-12-6-10(8-3-2-4-9(15)5-8)11(7-16)13(17)14(12)18/h2-7,17-18H,1H3. The van der Waals surface area contributed by atoms with Crippen molar-refractivity contribution in [2.45, 2.75) is 0 Å². The van der Waals surface area contributed by atoms with E-state index in [0.29, 0.717) is 11.8 Å². The minimum absolute atomic E-state index is 0.00219. The number of carbonyl (C=O) groups is 1. The van der Waals surface area contributed by atoms with Gasteiger partial charge in [0.2, 0.25) is 5.75 Å². The van der Waals surface area contributed by atoms with Crippen LogP contribution in [0.5, 0.6) is 17.2 Å². The van der Waals surface area contributed by atoms with Gasteiger partial charge in [-0.3, -0.25) is 4.79 Å². The van der Waals surface area contributed by atoms with Gasteiger partial charge in [0.15, 0.2) is 17.8 Å². The molecule has 0 amide bonds. The normalized spacial score (nSPS) is 10.2. The molecule has 2 aromatic carbocycles. The minimum atomic E-state index is -0.589. The number of hydrogen-bond donors (Lipinski definition) is 2. The molecule has 0 aliphatic rings. The first-order valence-electron chi connectivity index (χ1n) is 5.42. The Labute approximate surface area is 108 Å². The molecule has 2 rings (SSSR count). The molecule has 98 valence electrons. The molecule has 0 aliphatic carbocycles. The fourth-order valence-corrected chi connectivity index (χ4v) is 1.82. The summed E-state index contributed by atoms with van der Waals surface area (Å²) in [5.41, 5.74) is 0.557. The largest absolute Gasteiger partial charge is 0.504 e. The molecule has 0 bridgehead atoms. The highest BCUT2D eigenvalue weighted by Crippen LogP contribution is 2.43. The number of phenolic OH excluding ortho intramolecular Hbond substituents is 2. The van der Waals surface area contributed by atoms with Crippen molar-refractivity contribution < 1.29 is 24.1 Å². The molecule has 4 nitrogen and oxygen atoms in total. The summed E-state index contributed by atoms with van der Waals surface area (Å²) in [5.74, 6) is -1.58. The van der Waals surface area contributed by atoms with Gasteiger partial charge in [0.25, 0.3) is 0 Å². The summed E-state index contributed by atoms with van der Waals surface area (Å²) >= 11 is 0. The van der Waals surface area contributed by atoms with Crippen molar-refractivity contribution in [1.82, 2.24) is 0 Å². The first kappa shape index (κ1) is 12.9. The quantitative estimate of drug-likeness (QED) is 0.659. The van der Waals surface area contributed by atoms with Gasteiger partial charge in [-0.1, -0.05) is 12.1 Å². The fourth-order valence-electron chi connectivity index (χ4n) is 1.82. The molecule has 19 heavy (non-hydrogen) atoms. The number of aromatic hydroxyl groups is 2. The number of benzene rings is 2. The maximum Gasteiger partial charge on any atom is 0.201 e. The third-order valence-electron chi connectivity index (χ3n) is 2.75. The van der Waals surface area contributed by atoms with E-state index in [0.717, 1.165) is 0 Å². The fraction of sp³-hybridized carbons (Fsp3) is 0.0714. The second kappa shape index (κ2) is 4.97. The molecule has 0 atom stereocenters. The van der Waals surface area contributed by atoms with Gasteiger partial charge in [0.1, 0.15) is 5.82 Å². The lowest BCUT2D eigenvalue weighted by Gasteiger charge is -2.12. The second-order valence-corrected chi connectivity index (χ2v) is 3.87. The summed E-state index contributed by atoms with van der Waals surface area (Å²) in [5, 5.41) is 19.4. The highest BCUT2D eigenvalue weighted by molar-refractivity contribution is 5.93. The van der Waals surface area contributed by atoms with E-state index >= 15 is 0 Å². The van der Waals surface area contributed by atoms with Crippen LogP contribution in [0.2, 0.25) is 0 Å². The van der Waals surface area contributed by atoms with Crippen LogP contribution in [0, 0.1) is 5.82 Å². The van der Waals surface area contributed by atoms with Crippen molar-refractivity contribution in [2.24, 2.45) is 0 Å². The van der Waals surface area contributed by atoms with Crippen molar-refractivity contribution in [3.8, 4) is 28.4 Å². The average Bonchev–Trinajstić information content (AvgIpc) is 2.41. The Kier molecular flexibility index (Phi) is 3.37. The predicted octanol–water partition coefficient (Wildman–Crippen LogP) is 2.73. The topological polar surface area (TPSA) is 66.8 Å². The first-order valence-corrected chi connectivity index (χ1v) is 5.42. The summed E-state index contributed by atoms with van der Waals surface area (Å²) in [7, 11) is 1.31. The van der Waals surface area contributed by atoms with Gasteiger partial charge >= 0.3 is 0 Å². The number of rotatable bonds is 3. The van der Waals surface area contributed by atoms with E-state index in [-0.39, 0.29) is 16.9 Å². The zero-order valence-electron chi connectivity index (χ0n) is 10.1. The van der Waals surface area contributed by atoms with Crippen LogP contribution in [0.4, 0.5) is 4.39 Å². The van der Waals surface area contributed by atoms with Crippen molar-refractivity contribution in [3.63, 3.8) is 0 Å². The van der Waals surface area contributed by atoms with Gasteiger partial charge < -0.3 is 14.9 Å².